The Morgan fingerprint density at radius 1 is 0.727 bits per heavy atom. The predicted molar refractivity (Wildman–Crippen MR) is 93.1 cm³/mol. The van der Waals surface area contributed by atoms with Gasteiger partial charge < -0.3 is 10.4 Å². The van der Waals surface area contributed by atoms with Crippen LogP contribution < -0.4 is 5.32 Å². The summed E-state index contributed by atoms with van der Waals surface area (Å²) in [6.07, 6.45) is -0.304. The topological polar surface area (TPSA) is 32.3 Å². The second-order valence-corrected chi connectivity index (χ2v) is 6.15. The molecule has 2 aromatic carbocycles. The van der Waals surface area contributed by atoms with E-state index in [1.807, 2.05) is 12.1 Å². The van der Waals surface area contributed by atoms with E-state index in [2.05, 4.69) is 67.7 Å². The molecule has 3 heteroatoms. The van der Waals surface area contributed by atoms with E-state index in [0.717, 1.165) is 0 Å². The highest BCUT2D eigenvalue weighted by Gasteiger charge is 2.40. The van der Waals surface area contributed by atoms with Crippen LogP contribution in [0.25, 0.3) is 0 Å². The summed E-state index contributed by atoms with van der Waals surface area (Å²) in [6, 6.07) is 21.2. The first-order valence-corrected chi connectivity index (χ1v) is 7.72. The highest BCUT2D eigenvalue weighted by molar-refractivity contribution is 5.85. The molecular formula is C19H24ClNO. The first kappa shape index (κ1) is 17.0. The van der Waals surface area contributed by atoms with Crippen molar-refractivity contribution in [1.82, 2.24) is 5.32 Å². The fourth-order valence-corrected chi connectivity index (χ4v) is 3.49. The van der Waals surface area contributed by atoms with Gasteiger partial charge in [0.05, 0.1) is 6.10 Å². The molecule has 0 amide bonds. The van der Waals surface area contributed by atoms with Crippen molar-refractivity contribution in [3.8, 4) is 0 Å². The second kappa shape index (κ2) is 7.28. The Kier molecular flexibility index (Phi) is 5.63. The van der Waals surface area contributed by atoms with Crippen molar-refractivity contribution in [3.63, 3.8) is 0 Å². The van der Waals surface area contributed by atoms with Gasteiger partial charge in [-0.15, -0.1) is 12.4 Å². The second-order valence-electron chi connectivity index (χ2n) is 6.15. The lowest BCUT2D eigenvalue weighted by Gasteiger charge is -2.44. The number of benzene rings is 2. The summed E-state index contributed by atoms with van der Waals surface area (Å²) in [6.45, 7) is 4.26. The Morgan fingerprint density at radius 2 is 1.09 bits per heavy atom. The van der Waals surface area contributed by atoms with E-state index in [1.54, 1.807) is 0 Å². The van der Waals surface area contributed by atoms with Crippen molar-refractivity contribution in [2.75, 3.05) is 0 Å². The minimum Gasteiger partial charge on any atom is -0.392 e. The van der Waals surface area contributed by atoms with Crippen LogP contribution in [0.1, 0.15) is 37.1 Å². The molecule has 4 unspecified atom stereocenters. The molecule has 0 aliphatic carbocycles. The lowest BCUT2D eigenvalue weighted by Crippen LogP contribution is -2.48. The average Bonchev–Trinajstić information content (AvgIpc) is 2.55. The van der Waals surface area contributed by atoms with Crippen molar-refractivity contribution in [2.24, 2.45) is 11.8 Å². The Bertz CT molecular complexity index is 523. The van der Waals surface area contributed by atoms with E-state index < -0.39 is 0 Å². The van der Waals surface area contributed by atoms with Crippen molar-refractivity contribution in [3.05, 3.63) is 71.8 Å². The number of nitrogens with one attached hydrogen (secondary N) is 1. The van der Waals surface area contributed by atoms with Crippen molar-refractivity contribution < 1.29 is 5.11 Å². The van der Waals surface area contributed by atoms with Gasteiger partial charge in [-0.2, -0.15) is 0 Å². The van der Waals surface area contributed by atoms with Crippen LogP contribution in [0.4, 0.5) is 0 Å². The Morgan fingerprint density at radius 3 is 1.45 bits per heavy atom. The van der Waals surface area contributed by atoms with Crippen LogP contribution in [-0.2, 0) is 0 Å². The zero-order valence-electron chi connectivity index (χ0n) is 13.0. The zero-order chi connectivity index (χ0) is 14.8. The fraction of sp³-hybridized carbons (Fsp3) is 0.368. The molecule has 0 spiro atoms. The Labute approximate surface area is 139 Å². The van der Waals surface area contributed by atoms with Crippen molar-refractivity contribution in [2.45, 2.75) is 32.0 Å². The van der Waals surface area contributed by atoms with Gasteiger partial charge in [-0.25, -0.2) is 0 Å². The van der Waals surface area contributed by atoms with E-state index in [4.69, 9.17) is 0 Å². The Balaban J connectivity index is 0.00000176. The summed E-state index contributed by atoms with van der Waals surface area (Å²) in [5.41, 5.74) is 2.49. The van der Waals surface area contributed by atoms with Crippen molar-refractivity contribution in [1.29, 1.82) is 0 Å². The maximum Gasteiger partial charge on any atom is 0.0627 e. The molecule has 0 aromatic heterocycles. The molecule has 1 aliphatic rings. The predicted octanol–water partition coefficient (Wildman–Crippen LogP) is 4.13. The van der Waals surface area contributed by atoms with Gasteiger partial charge >= 0.3 is 0 Å². The third kappa shape index (κ3) is 3.19. The number of hydrogen-bond donors (Lipinski definition) is 2. The van der Waals surface area contributed by atoms with E-state index in [-0.39, 0.29) is 42.4 Å². The number of rotatable bonds is 2. The Hall–Kier alpha value is -1.35. The van der Waals surface area contributed by atoms with Gasteiger partial charge in [0.25, 0.3) is 0 Å². The third-order valence-electron chi connectivity index (χ3n) is 4.81. The van der Waals surface area contributed by atoms with Crippen LogP contribution in [0, 0.1) is 11.8 Å². The quantitative estimate of drug-likeness (QED) is 0.873. The minimum atomic E-state index is -0.304. The summed E-state index contributed by atoms with van der Waals surface area (Å²) >= 11 is 0. The van der Waals surface area contributed by atoms with E-state index in [0.29, 0.717) is 0 Å². The molecule has 0 saturated carbocycles. The van der Waals surface area contributed by atoms with E-state index >= 15 is 0 Å². The molecular weight excluding hydrogens is 294 g/mol. The number of piperidine rings is 1. The summed E-state index contributed by atoms with van der Waals surface area (Å²) in [7, 11) is 0. The third-order valence-corrected chi connectivity index (χ3v) is 4.81. The van der Waals surface area contributed by atoms with E-state index in [9.17, 15) is 5.11 Å². The maximum absolute atomic E-state index is 10.7. The van der Waals surface area contributed by atoms with Gasteiger partial charge in [0, 0.05) is 23.9 Å². The monoisotopic (exact) mass is 317 g/mol. The minimum absolute atomic E-state index is 0. The number of halogens is 1. The average molecular weight is 318 g/mol. The number of hydrogen-bond acceptors (Lipinski definition) is 2. The SMILES string of the molecule is CC1C(c2ccccc2)NC(c2ccccc2)C(C)C1O.Cl. The first-order valence-electron chi connectivity index (χ1n) is 7.72. The van der Waals surface area contributed by atoms with Gasteiger partial charge in [-0.3, -0.25) is 0 Å². The first-order chi connectivity index (χ1) is 10.2. The molecule has 2 nitrogen and oxygen atoms in total. The van der Waals surface area contributed by atoms with Gasteiger partial charge in [0.15, 0.2) is 0 Å². The lowest BCUT2D eigenvalue weighted by molar-refractivity contribution is -0.00676. The molecule has 1 fully saturated rings. The molecule has 0 bridgehead atoms. The van der Waals surface area contributed by atoms with Crippen LogP contribution in [0.5, 0.6) is 0 Å². The maximum atomic E-state index is 10.7. The summed E-state index contributed by atoms with van der Waals surface area (Å²) in [5, 5.41) is 14.4. The molecule has 118 valence electrons. The zero-order valence-corrected chi connectivity index (χ0v) is 13.8. The molecule has 1 aliphatic heterocycles. The standard InChI is InChI=1S/C19H23NO.ClH/c1-13-17(15-9-5-3-6-10-15)20-18(14(2)19(13)21)16-11-7-4-8-12-16;/h3-14,17-21H,1-2H3;1H. The normalized spacial score (nSPS) is 31.3. The molecule has 4 atom stereocenters. The van der Waals surface area contributed by atoms with Crippen LogP contribution in [0.15, 0.2) is 60.7 Å². The fourth-order valence-electron chi connectivity index (χ4n) is 3.49. The van der Waals surface area contributed by atoms with Gasteiger partial charge in [-0.05, 0) is 11.1 Å². The largest absolute Gasteiger partial charge is 0.392 e. The van der Waals surface area contributed by atoms with Gasteiger partial charge in [0.1, 0.15) is 0 Å². The molecule has 1 heterocycles. The summed E-state index contributed by atoms with van der Waals surface area (Å²) in [5.74, 6) is 0.393. The van der Waals surface area contributed by atoms with Crippen LogP contribution in [-0.4, -0.2) is 11.2 Å². The summed E-state index contributed by atoms with van der Waals surface area (Å²) in [4.78, 5) is 0. The number of aliphatic hydroxyl groups is 1. The molecule has 1 saturated heterocycles. The van der Waals surface area contributed by atoms with Crippen LogP contribution >= 0.6 is 12.4 Å². The van der Waals surface area contributed by atoms with Gasteiger partial charge in [-0.1, -0.05) is 74.5 Å². The van der Waals surface area contributed by atoms with Crippen LogP contribution in [0.2, 0.25) is 0 Å². The van der Waals surface area contributed by atoms with Crippen molar-refractivity contribution >= 4 is 12.4 Å². The molecule has 22 heavy (non-hydrogen) atoms. The molecule has 2 N–H and O–H groups in total. The molecule has 0 radical (unpaired) electrons. The smallest absolute Gasteiger partial charge is 0.0627 e. The lowest BCUT2D eigenvalue weighted by atomic mass is 9.75. The van der Waals surface area contributed by atoms with Gasteiger partial charge in [0.2, 0.25) is 0 Å². The van der Waals surface area contributed by atoms with Crippen LogP contribution in [0.3, 0.4) is 0 Å². The number of aliphatic hydroxyl groups excluding tert-OH is 1. The highest BCUT2D eigenvalue weighted by Crippen LogP contribution is 2.40. The molecule has 2 aromatic rings. The van der Waals surface area contributed by atoms with E-state index in [1.165, 1.54) is 11.1 Å². The molecule has 3 rings (SSSR count). The summed E-state index contributed by atoms with van der Waals surface area (Å²) < 4.78 is 0. The highest BCUT2D eigenvalue weighted by atomic mass is 35.5.